The Balaban J connectivity index is 2.46. The Morgan fingerprint density at radius 3 is 2.35 bits per heavy atom. The van der Waals surface area contributed by atoms with Gasteiger partial charge in [0, 0.05) is 0 Å². The summed E-state index contributed by atoms with van der Waals surface area (Å²) in [7, 11) is 0. The molecule has 0 aromatic heterocycles. The topological polar surface area (TPSA) is 64.3 Å². The summed E-state index contributed by atoms with van der Waals surface area (Å²) in [4.78, 5) is 11.6. The number of hydrogen-bond donors (Lipinski definition) is 2. The monoisotopic (exact) mass is 284 g/mol. The summed E-state index contributed by atoms with van der Waals surface area (Å²) < 4.78 is 41.4. The fraction of sp³-hybridized carbons (Fsp3) is 0.154. The van der Waals surface area contributed by atoms with E-state index in [0.717, 1.165) is 0 Å². The predicted molar refractivity (Wildman–Crippen MR) is 67.2 cm³/mol. The van der Waals surface area contributed by atoms with Gasteiger partial charge < -0.3 is 4.74 Å². The molecule has 0 spiro atoms. The Labute approximate surface area is 112 Å². The molecule has 0 heterocycles. The van der Waals surface area contributed by atoms with Crippen molar-refractivity contribution in [3.05, 3.63) is 42.0 Å². The number of fused-ring (bicyclic) bond motifs is 1. The van der Waals surface area contributed by atoms with Crippen LogP contribution < -0.4 is 16.0 Å². The van der Waals surface area contributed by atoms with E-state index in [9.17, 15) is 18.0 Å². The maximum atomic E-state index is 12.2. The van der Waals surface area contributed by atoms with Crippen molar-refractivity contribution in [2.75, 3.05) is 6.61 Å². The van der Waals surface area contributed by atoms with Crippen LogP contribution in [0.25, 0.3) is 10.8 Å². The predicted octanol–water partition coefficient (Wildman–Crippen LogP) is 2.38. The molecule has 106 valence electrons. The molecule has 2 rings (SSSR count). The number of nitrogens with two attached hydrogens (primary N) is 1. The maximum Gasteiger partial charge on any atom is 0.422 e. The number of carbonyl (C=O) groups is 1. The van der Waals surface area contributed by atoms with Crippen LogP contribution in [0.4, 0.5) is 13.2 Å². The highest BCUT2D eigenvalue weighted by Gasteiger charge is 2.29. The third-order valence-corrected chi connectivity index (χ3v) is 2.61. The molecule has 4 nitrogen and oxygen atoms in total. The smallest absolute Gasteiger partial charge is 0.422 e. The lowest BCUT2D eigenvalue weighted by molar-refractivity contribution is -0.153. The van der Waals surface area contributed by atoms with E-state index in [-0.39, 0.29) is 11.3 Å². The van der Waals surface area contributed by atoms with Crippen molar-refractivity contribution in [3.8, 4) is 5.75 Å². The number of alkyl halides is 3. The molecule has 1 amide bonds. The minimum Gasteiger partial charge on any atom is -0.483 e. The number of nitrogens with one attached hydrogen (secondary N) is 1. The van der Waals surface area contributed by atoms with Gasteiger partial charge in [0.2, 0.25) is 0 Å². The van der Waals surface area contributed by atoms with Crippen molar-refractivity contribution in [1.29, 1.82) is 0 Å². The highest BCUT2D eigenvalue weighted by Crippen LogP contribution is 2.27. The van der Waals surface area contributed by atoms with Crippen LogP contribution >= 0.6 is 0 Å². The summed E-state index contributed by atoms with van der Waals surface area (Å²) in [6, 6.07) is 9.74. The zero-order valence-electron chi connectivity index (χ0n) is 10.2. The van der Waals surface area contributed by atoms with E-state index in [0.29, 0.717) is 10.8 Å². The van der Waals surface area contributed by atoms with Gasteiger partial charge >= 0.3 is 6.18 Å². The van der Waals surface area contributed by atoms with Gasteiger partial charge in [-0.2, -0.15) is 13.2 Å². The lowest BCUT2D eigenvalue weighted by Gasteiger charge is -2.13. The van der Waals surface area contributed by atoms with Crippen LogP contribution in [0.5, 0.6) is 5.75 Å². The number of benzene rings is 2. The van der Waals surface area contributed by atoms with E-state index in [2.05, 4.69) is 0 Å². The minimum absolute atomic E-state index is 0.0459. The first-order valence-corrected chi connectivity index (χ1v) is 5.64. The van der Waals surface area contributed by atoms with E-state index in [1.807, 2.05) is 5.43 Å². The minimum atomic E-state index is -4.48. The highest BCUT2D eigenvalue weighted by molar-refractivity contribution is 6.01. The van der Waals surface area contributed by atoms with Crippen LogP contribution in [0.3, 0.4) is 0 Å². The van der Waals surface area contributed by atoms with E-state index in [4.69, 9.17) is 10.6 Å². The van der Waals surface area contributed by atoms with Crippen LogP contribution in [0.15, 0.2) is 36.4 Å². The van der Waals surface area contributed by atoms with Crippen LogP contribution in [0, 0.1) is 0 Å². The van der Waals surface area contributed by atoms with Gasteiger partial charge in [0.1, 0.15) is 5.75 Å². The van der Waals surface area contributed by atoms with Gasteiger partial charge in [-0.1, -0.05) is 24.3 Å². The molecule has 2 aromatic carbocycles. The largest absolute Gasteiger partial charge is 0.483 e. The van der Waals surface area contributed by atoms with E-state index >= 15 is 0 Å². The van der Waals surface area contributed by atoms with Gasteiger partial charge in [0.15, 0.2) is 6.61 Å². The second-order valence-electron chi connectivity index (χ2n) is 4.07. The molecule has 0 radical (unpaired) electrons. The molecule has 0 unspecified atom stereocenters. The first kappa shape index (κ1) is 14.1. The maximum absolute atomic E-state index is 12.2. The van der Waals surface area contributed by atoms with Gasteiger partial charge in [-0.05, 0) is 22.9 Å². The number of rotatable bonds is 3. The van der Waals surface area contributed by atoms with Crippen LogP contribution in [-0.4, -0.2) is 18.7 Å². The molecule has 0 aliphatic rings. The Morgan fingerprint density at radius 1 is 1.20 bits per heavy atom. The average Bonchev–Trinajstić information content (AvgIpc) is 2.42. The Bertz CT molecular complexity index is 641. The van der Waals surface area contributed by atoms with Crippen molar-refractivity contribution in [2.24, 2.45) is 5.84 Å². The highest BCUT2D eigenvalue weighted by atomic mass is 19.4. The standard InChI is InChI=1S/C13H11F3N2O2/c14-13(15,16)7-20-11-6-9-4-2-1-3-8(9)5-10(11)12(19)18-17/h1-6H,7,17H2,(H,18,19). The van der Waals surface area contributed by atoms with E-state index in [1.54, 1.807) is 24.3 Å². The third kappa shape index (κ3) is 3.18. The molecule has 0 atom stereocenters. The second-order valence-corrected chi connectivity index (χ2v) is 4.07. The second kappa shape index (κ2) is 5.38. The Hall–Kier alpha value is -2.28. The van der Waals surface area contributed by atoms with Crippen molar-refractivity contribution in [2.45, 2.75) is 6.18 Å². The fourth-order valence-electron chi connectivity index (χ4n) is 1.75. The summed E-state index contributed by atoms with van der Waals surface area (Å²) in [6.45, 7) is -1.48. The van der Waals surface area contributed by atoms with Crippen molar-refractivity contribution >= 4 is 16.7 Å². The number of halogens is 3. The lowest BCUT2D eigenvalue weighted by atomic mass is 10.1. The van der Waals surface area contributed by atoms with Gasteiger partial charge in [0.05, 0.1) is 5.56 Å². The SMILES string of the molecule is NNC(=O)c1cc2ccccc2cc1OCC(F)(F)F. The number of ether oxygens (including phenoxy) is 1. The fourth-order valence-corrected chi connectivity index (χ4v) is 1.75. The summed E-state index contributed by atoms with van der Waals surface area (Å²) in [5.74, 6) is 4.14. The zero-order chi connectivity index (χ0) is 14.8. The first-order chi connectivity index (χ1) is 9.40. The van der Waals surface area contributed by atoms with Crippen LogP contribution in [-0.2, 0) is 0 Å². The van der Waals surface area contributed by atoms with Crippen molar-refractivity contribution in [3.63, 3.8) is 0 Å². The normalized spacial score (nSPS) is 11.4. The molecule has 2 aromatic rings. The van der Waals surface area contributed by atoms with Crippen molar-refractivity contribution < 1.29 is 22.7 Å². The molecule has 0 aliphatic heterocycles. The average molecular weight is 284 g/mol. The van der Waals surface area contributed by atoms with Crippen molar-refractivity contribution in [1.82, 2.24) is 5.43 Å². The Morgan fingerprint density at radius 2 is 1.80 bits per heavy atom. The molecule has 0 bridgehead atoms. The molecular weight excluding hydrogens is 273 g/mol. The van der Waals surface area contributed by atoms with Gasteiger partial charge in [0.25, 0.3) is 5.91 Å². The quantitative estimate of drug-likeness (QED) is 0.517. The zero-order valence-corrected chi connectivity index (χ0v) is 10.2. The number of amides is 1. The summed E-state index contributed by atoms with van der Waals surface area (Å²) >= 11 is 0. The summed E-state index contributed by atoms with van der Waals surface area (Å²) in [5, 5.41) is 1.36. The van der Waals surface area contributed by atoms with E-state index in [1.165, 1.54) is 12.1 Å². The number of carbonyl (C=O) groups excluding carboxylic acids is 1. The third-order valence-electron chi connectivity index (χ3n) is 2.61. The molecule has 0 saturated carbocycles. The number of nitrogen functional groups attached to an aromatic ring is 1. The number of hydrogen-bond acceptors (Lipinski definition) is 3. The van der Waals surface area contributed by atoms with Crippen LogP contribution in [0.2, 0.25) is 0 Å². The summed E-state index contributed by atoms with van der Waals surface area (Å²) in [6.07, 6.45) is -4.48. The summed E-state index contributed by atoms with van der Waals surface area (Å²) in [5.41, 5.74) is 1.84. The number of hydrazine groups is 1. The van der Waals surface area contributed by atoms with E-state index < -0.39 is 18.7 Å². The van der Waals surface area contributed by atoms with Gasteiger partial charge in [-0.15, -0.1) is 0 Å². The molecule has 7 heteroatoms. The van der Waals surface area contributed by atoms with Gasteiger partial charge in [-0.25, -0.2) is 5.84 Å². The molecule has 20 heavy (non-hydrogen) atoms. The first-order valence-electron chi connectivity index (χ1n) is 5.64. The molecular formula is C13H11F3N2O2. The Kier molecular flexibility index (Phi) is 3.80. The molecule has 3 N–H and O–H groups in total. The lowest BCUT2D eigenvalue weighted by Crippen LogP contribution is -2.30. The molecule has 0 fully saturated rings. The molecule has 0 aliphatic carbocycles. The van der Waals surface area contributed by atoms with Gasteiger partial charge in [-0.3, -0.25) is 10.2 Å². The van der Waals surface area contributed by atoms with Crippen LogP contribution in [0.1, 0.15) is 10.4 Å². The molecule has 0 saturated heterocycles.